The molecule has 0 fully saturated rings. The van der Waals surface area contributed by atoms with Crippen molar-refractivity contribution in [1.29, 1.82) is 0 Å². The van der Waals surface area contributed by atoms with Gasteiger partial charge in [0, 0.05) is 5.69 Å². The van der Waals surface area contributed by atoms with Crippen LogP contribution in [-0.4, -0.2) is 12.5 Å². The monoisotopic (exact) mass is 282 g/mol. The van der Waals surface area contributed by atoms with Gasteiger partial charge in [-0.2, -0.15) is 0 Å². The Morgan fingerprint density at radius 1 is 1.05 bits per heavy atom. The van der Waals surface area contributed by atoms with Crippen molar-refractivity contribution in [3.05, 3.63) is 65.7 Å². The molecular weight excluding hydrogens is 260 g/mol. The fraction of sp³-hybridized carbons (Fsp3) is 0.278. The smallest absolute Gasteiger partial charge is 0.239 e. The molecule has 110 valence electrons. The highest BCUT2D eigenvalue weighted by Gasteiger charge is 2.09. The second kappa shape index (κ2) is 7.48. The Labute approximate surface area is 126 Å². The first-order valence-electron chi connectivity index (χ1n) is 7.36. The quantitative estimate of drug-likeness (QED) is 0.851. The molecule has 2 rings (SSSR count). The van der Waals surface area contributed by atoms with E-state index in [0.717, 1.165) is 17.7 Å². The Kier molecular flexibility index (Phi) is 5.38. The van der Waals surface area contributed by atoms with Gasteiger partial charge < -0.3 is 10.6 Å². The minimum atomic E-state index is -0.00254. The molecule has 0 heterocycles. The summed E-state index contributed by atoms with van der Waals surface area (Å²) in [5.41, 5.74) is 3.36. The third-order valence-corrected chi connectivity index (χ3v) is 3.51. The molecule has 21 heavy (non-hydrogen) atoms. The van der Waals surface area contributed by atoms with Crippen molar-refractivity contribution in [2.75, 3.05) is 11.9 Å². The molecule has 0 radical (unpaired) electrons. The molecular formula is C18H22N2O. The number of carbonyl (C=O) groups excluding carboxylic acids is 1. The van der Waals surface area contributed by atoms with Gasteiger partial charge in [-0.15, -0.1) is 0 Å². The summed E-state index contributed by atoms with van der Waals surface area (Å²) in [5.74, 6) is -0.00254. The Bertz CT molecular complexity index is 581. The number of rotatable bonds is 6. The van der Waals surface area contributed by atoms with Gasteiger partial charge in [0.25, 0.3) is 0 Å². The largest absolute Gasteiger partial charge is 0.376 e. The number of hydrogen-bond donors (Lipinski definition) is 2. The second-order valence-electron chi connectivity index (χ2n) is 5.06. The van der Waals surface area contributed by atoms with Crippen LogP contribution in [0.3, 0.4) is 0 Å². The van der Waals surface area contributed by atoms with E-state index < -0.39 is 0 Å². The molecule has 0 aliphatic carbocycles. The number of nitrogens with one attached hydrogen (secondary N) is 2. The van der Waals surface area contributed by atoms with Crippen molar-refractivity contribution in [3.8, 4) is 0 Å². The summed E-state index contributed by atoms with van der Waals surface area (Å²) in [6, 6.07) is 18.1. The molecule has 3 nitrogen and oxygen atoms in total. The summed E-state index contributed by atoms with van der Waals surface area (Å²) in [5, 5.41) is 6.21. The predicted octanol–water partition coefficient (Wildman–Crippen LogP) is 3.54. The van der Waals surface area contributed by atoms with Crippen molar-refractivity contribution in [2.45, 2.75) is 26.3 Å². The number of hydrogen-bond acceptors (Lipinski definition) is 2. The Balaban J connectivity index is 1.88. The van der Waals surface area contributed by atoms with Crippen LogP contribution < -0.4 is 10.6 Å². The van der Waals surface area contributed by atoms with Gasteiger partial charge in [-0.3, -0.25) is 4.79 Å². The standard InChI is InChI=1S/C18H22N2O/c1-3-15-9-7-8-12-17(15)19-13-18(21)20-14(2)16-10-5-4-6-11-16/h4-12,14,19H,3,13H2,1-2H3,(H,20,21)/t14-/m1/s1. The summed E-state index contributed by atoms with van der Waals surface area (Å²) in [7, 11) is 0. The number of amides is 1. The van der Waals surface area contributed by atoms with Gasteiger partial charge in [-0.1, -0.05) is 55.5 Å². The Morgan fingerprint density at radius 2 is 1.71 bits per heavy atom. The fourth-order valence-electron chi connectivity index (χ4n) is 2.29. The molecule has 0 aliphatic heterocycles. The van der Waals surface area contributed by atoms with Crippen LogP contribution in [0.1, 0.15) is 31.0 Å². The van der Waals surface area contributed by atoms with Gasteiger partial charge in [0.15, 0.2) is 0 Å². The Hall–Kier alpha value is -2.29. The number of anilines is 1. The predicted molar refractivity (Wildman–Crippen MR) is 87.3 cm³/mol. The molecule has 0 saturated carbocycles. The number of carbonyl (C=O) groups is 1. The zero-order chi connectivity index (χ0) is 15.1. The van der Waals surface area contributed by atoms with E-state index >= 15 is 0 Å². The van der Waals surface area contributed by atoms with Crippen LogP contribution in [0.5, 0.6) is 0 Å². The van der Waals surface area contributed by atoms with E-state index in [-0.39, 0.29) is 18.5 Å². The molecule has 0 saturated heterocycles. The topological polar surface area (TPSA) is 41.1 Å². The maximum absolute atomic E-state index is 12.0. The number of aryl methyl sites for hydroxylation is 1. The minimum Gasteiger partial charge on any atom is -0.376 e. The lowest BCUT2D eigenvalue weighted by Crippen LogP contribution is -2.32. The maximum Gasteiger partial charge on any atom is 0.239 e. The number of benzene rings is 2. The van der Waals surface area contributed by atoms with Gasteiger partial charge in [-0.25, -0.2) is 0 Å². The zero-order valence-electron chi connectivity index (χ0n) is 12.6. The molecule has 2 N–H and O–H groups in total. The lowest BCUT2D eigenvalue weighted by molar-refractivity contribution is -0.120. The zero-order valence-corrected chi connectivity index (χ0v) is 12.6. The van der Waals surface area contributed by atoms with E-state index in [1.807, 2.05) is 55.5 Å². The average molecular weight is 282 g/mol. The molecule has 2 aromatic carbocycles. The molecule has 0 aromatic heterocycles. The number of para-hydroxylation sites is 1. The highest BCUT2D eigenvalue weighted by atomic mass is 16.1. The summed E-state index contributed by atoms with van der Waals surface area (Å²) in [4.78, 5) is 12.0. The van der Waals surface area contributed by atoms with E-state index in [4.69, 9.17) is 0 Å². The first-order chi connectivity index (χ1) is 10.2. The highest BCUT2D eigenvalue weighted by Crippen LogP contribution is 2.15. The van der Waals surface area contributed by atoms with Crippen LogP contribution >= 0.6 is 0 Å². The van der Waals surface area contributed by atoms with Crippen LogP contribution in [0.4, 0.5) is 5.69 Å². The first kappa shape index (κ1) is 15.1. The molecule has 0 aliphatic rings. The summed E-state index contributed by atoms with van der Waals surface area (Å²) >= 11 is 0. The lowest BCUT2D eigenvalue weighted by atomic mass is 10.1. The van der Waals surface area contributed by atoms with Crippen LogP contribution in [0, 0.1) is 0 Å². The average Bonchev–Trinajstić information content (AvgIpc) is 2.54. The van der Waals surface area contributed by atoms with Crippen molar-refractivity contribution < 1.29 is 4.79 Å². The third-order valence-electron chi connectivity index (χ3n) is 3.51. The summed E-state index contributed by atoms with van der Waals surface area (Å²) in [6.45, 7) is 4.39. The molecule has 1 atom stereocenters. The Morgan fingerprint density at radius 3 is 2.43 bits per heavy atom. The fourth-order valence-corrected chi connectivity index (χ4v) is 2.29. The normalized spacial score (nSPS) is 11.7. The van der Waals surface area contributed by atoms with Gasteiger partial charge in [-0.05, 0) is 30.5 Å². The van der Waals surface area contributed by atoms with Crippen molar-refractivity contribution in [3.63, 3.8) is 0 Å². The van der Waals surface area contributed by atoms with E-state index in [1.165, 1.54) is 5.56 Å². The lowest BCUT2D eigenvalue weighted by Gasteiger charge is -2.15. The SMILES string of the molecule is CCc1ccccc1NCC(=O)N[C@H](C)c1ccccc1. The van der Waals surface area contributed by atoms with Crippen LogP contribution in [0.25, 0.3) is 0 Å². The van der Waals surface area contributed by atoms with E-state index in [0.29, 0.717) is 0 Å². The summed E-state index contributed by atoms with van der Waals surface area (Å²) in [6.07, 6.45) is 0.950. The molecule has 2 aromatic rings. The van der Waals surface area contributed by atoms with Gasteiger partial charge in [0.05, 0.1) is 12.6 Å². The van der Waals surface area contributed by atoms with Gasteiger partial charge in [0.1, 0.15) is 0 Å². The first-order valence-corrected chi connectivity index (χ1v) is 7.36. The second-order valence-corrected chi connectivity index (χ2v) is 5.06. The molecule has 0 bridgehead atoms. The van der Waals surface area contributed by atoms with Gasteiger partial charge >= 0.3 is 0 Å². The molecule has 3 heteroatoms. The van der Waals surface area contributed by atoms with E-state index in [9.17, 15) is 4.79 Å². The third kappa shape index (κ3) is 4.35. The van der Waals surface area contributed by atoms with Gasteiger partial charge in [0.2, 0.25) is 5.91 Å². The van der Waals surface area contributed by atoms with E-state index in [1.54, 1.807) is 0 Å². The molecule has 0 spiro atoms. The van der Waals surface area contributed by atoms with Crippen LogP contribution in [0.15, 0.2) is 54.6 Å². The maximum atomic E-state index is 12.0. The molecule has 1 amide bonds. The highest BCUT2D eigenvalue weighted by molar-refractivity contribution is 5.81. The van der Waals surface area contributed by atoms with Crippen molar-refractivity contribution in [1.82, 2.24) is 5.32 Å². The molecule has 0 unspecified atom stereocenters. The minimum absolute atomic E-state index is 0.00254. The van der Waals surface area contributed by atoms with Crippen molar-refractivity contribution in [2.24, 2.45) is 0 Å². The summed E-state index contributed by atoms with van der Waals surface area (Å²) < 4.78 is 0. The van der Waals surface area contributed by atoms with Crippen LogP contribution in [0.2, 0.25) is 0 Å². The van der Waals surface area contributed by atoms with Crippen LogP contribution in [-0.2, 0) is 11.2 Å². The van der Waals surface area contributed by atoms with Crippen molar-refractivity contribution >= 4 is 11.6 Å². The van der Waals surface area contributed by atoms with E-state index in [2.05, 4.69) is 23.6 Å².